The van der Waals surface area contributed by atoms with E-state index in [9.17, 15) is 9.59 Å². The fourth-order valence-corrected chi connectivity index (χ4v) is 4.35. The van der Waals surface area contributed by atoms with Crippen molar-refractivity contribution in [1.29, 1.82) is 0 Å². The Kier molecular flexibility index (Phi) is 6.15. The SMILES string of the molecule is COC[C@H](C)n1c(S[C@H](C)C(=O)Nc2ccc3c(c2)OCO3)nc2ccccc2c1=O. The topological polar surface area (TPSA) is 91.7 Å². The van der Waals surface area contributed by atoms with Crippen LogP contribution >= 0.6 is 11.8 Å². The molecule has 0 fully saturated rings. The first kappa shape index (κ1) is 21.2. The highest BCUT2D eigenvalue weighted by molar-refractivity contribution is 8.00. The summed E-state index contributed by atoms with van der Waals surface area (Å²) in [7, 11) is 1.59. The van der Waals surface area contributed by atoms with Gasteiger partial charge in [0.2, 0.25) is 12.7 Å². The van der Waals surface area contributed by atoms with Gasteiger partial charge in [-0.15, -0.1) is 0 Å². The van der Waals surface area contributed by atoms with E-state index in [0.717, 1.165) is 0 Å². The van der Waals surface area contributed by atoms with Gasteiger partial charge in [0.1, 0.15) is 0 Å². The normalized spacial score (nSPS) is 14.4. The molecule has 0 saturated heterocycles. The van der Waals surface area contributed by atoms with Crippen LogP contribution in [-0.2, 0) is 9.53 Å². The maximum atomic E-state index is 13.1. The average molecular weight is 442 g/mol. The number of nitrogens with zero attached hydrogens (tertiary/aromatic N) is 2. The molecule has 0 saturated carbocycles. The average Bonchev–Trinajstić information content (AvgIpc) is 3.22. The first-order chi connectivity index (χ1) is 15.0. The monoisotopic (exact) mass is 441 g/mol. The molecule has 162 valence electrons. The van der Waals surface area contributed by atoms with Crippen LogP contribution in [0.4, 0.5) is 5.69 Å². The maximum absolute atomic E-state index is 13.1. The lowest BCUT2D eigenvalue weighted by Crippen LogP contribution is -2.30. The third kappa shape index (κ3) is 4.38. The van der Waals surface area contributed by atoms with Crippen molar-refractivity contribution < 1.29 is 19.0 Å². The summed E-state index contributed by atoms with van der Waals surface area (Å²) in [6, 6.07) is 12.2. The van der Waals surface area contributed by atoms with Crippen molar-refractivity contribution in [2.75, 3.05) is 25.8 Å². The lowest BCUT2D eigenvalue weighted by molar-refractivity contribution is -0.115. The lowest BCUT2D eigenvalue weighted by atomic mass is 10.2. The summed E-state index contributed by atoms with van der Waals surface area (Å²) in [5, 5.41) is 3.39. The van der Waals surface area contributed by atoms with E-state index >= 15 is 0 Å². The van der Waals surface area contributed by atoms with Gasteiger partial charge < -0.3 is 19.5 Å². The van der Waals surface area contributed by atoms with Crippen LogP contribution in [0.1, 0.15) is 19.9 Å². The Morgan fingerprint density at radius 1 is 1.23 bits per heavy atom. The second-order valence-electron chi connectivity index (χ2n) is 7.21. The van der Waals surface area contributed by atoms with Crippen LogP contribution in [0.2, 0.25) is 0 Å². The highest BCUT2D eigenvalue weighted by Crippen LogP contribution is 2.34. The molecule has 1 aromatic heterocycles. The quantitative estimate of drug-likeness (QED) is 0.443. The van der Waals surface area contributed by atoms with Crippen molar-refractivity contribution in [1.82, 2.24) is 9.55 Å². The van der Waals surface area contributed by atoms with Gasteiger partial charge in [0.25, 0.3) is 5.56 Å². The summed E-state index contributed by atoms with van der Waals surface area (Å²) in [5.74, 6) is 1.03. The zero-order chi connectivity index (χ0) is 22.0. The van der Waals surface area contributed by atoms with E-state index in [0.29, 0.717) is 39.9 Å². The number of thioether (sulfide) groups is 1. The zero-order valence-electron chi connectivity index (χ0n) is 17.5. The molecule has 0 bridgehead atoms. The minimum atomic E-state index is -0.500. The van der Waals surface area contributed by atoms with Crippen LogP contribution in [-0.4, -0.2) is 41.2 Å². The summed E-state index contributed by atoms with van der Waals surface area (Å²) in [4.78, 5) is 30.6. The highest BCUT2D eigenvalue weighted by atomic mass is 32.2. The largest absolute Gasteiger partial charge is 0.454 e. The van der Waals surface area contributed by atoms with E-state index in [1.807, 2.05) is 19.1 Å². The second kappa shape index (κ2) is 8.99. The molecule has 2 aromatic carbocycles. The molecule has 9 heteroatoms. The fraction of sp³-hybridized carbons (Fsp3) is 0.318. The van der Waals surface area contributed by atoms with Crippen LogP contribution in [0.3, 0.4) is 0 Å². The van der Waals surface area contributed by atoms with Crippen LogP contribution < -0.4 is 20.3 Å². The molecule has 2 atom stereocenters. The van der Waals surface area contributed by atoms with Crippen LogP contribution in [0.25, 0.3) is 10.9 Å². The van der Waals surface area contributed by atoms with Gasteiger partial charge in [0.15, 0.2) is 16.7 Å². The number of carbonyl (C=O) groups is 1. The molecule has 0 unspecified atom stereocenters. The van der Waals surface area contributed by atoms with E-state index in [1.54, 1.807) is 48.9 Å². The first-order valence-electron chi connectivity index (χ1n) is 9.85. The van der Waals surface area contributed by atoms with E-state index in [-0.39, 0.29) is 24.3 Å². The van der Waals surface area contributed by atoms with Crippen molar-refractivity contribution >= 4 is 34.3 Å². The minimum Gasteiger partial charge on any atom is -0.454 e. The fourth-order valence-electron chi connectivity index (χ4n) is 3.34. The molecule has 1 amide bonds. The predicted octanol–water partition coefficient (Wildman–Crippen LogP) is 3.45. The number of nitrogens with one attached hydrogen (secondary N) is 1. The Morgan fingerprint density at radius 3 is 2.81 bits per heavy atom. The van der Waals surface area contributed by atoms with Gasteiger partial charge in [-0.3, -0.25) is 14.2 Å². The molecule has 3 aromatic rings. The number of carbonyl (C=O) groups excluding carboxylic acids is 1. The van der Waals surface area contributed by atoms with Crippen molar-refractivity contribution in [3.05, 3.63) is 52.8 Å². The Morgan fingerprint density at radius 2 is 2.00 bits per heavy atom. The van der Waals surface area contributed by atoms with Crippen LogP contribution in [0, 0.1) is 0 Å². The summed E-state index contributed by atoms with van der Waals surface area (Å²) in [6.07, 6.45) is 0. The van der Waals surface area contributed by atoms with Gasteiger partial charge in [-0.2, -0.15) is 0 Å². The van der Waals surface area contributed by atoms with Gasteiger partial charge >= 0.3 is 0 Å². The Bertz CT molecular complexity index is 1180. The molecule has 1 aliphatic heterocycles. The van der Waals surface area contributed by atoms with E-state index in [4.69, 9.17) is 14.2 Å². The maximum Gasteiger partial charge on any atom is 0.262 e. The molecule has 1 aliphatic rings. The molecular formula is C22H23N3O5S. The van der Waals surface area contributed by atoms with E-state index in [2.05, 4.69) is 10.3 Å². The first-order valence-corrected chi connectivity index (χ1v) is 10.7. The standard InChI is InChI=1S/C22H23N3O5S/c1-13(11-28-3)25-21(27)16-6-4-5-7-17(16)24-22(25)31-14(2)20(26)23-15-8-9-18-19(10-15)30-12-29-18/h4-10,13-14H,11-12H2,1-3H3,(H,23,26)/t13-,14+/m0/s1. The van der Waals surface area contributed by atoms with Gasteiger partial charge in [-0.1, -0.05) is 23.9 Å². The number of hydrogen-bond donors (Lipinski definition) is 1. The number of para-hydroxylation sites is 1. The molecule has 0 aliphatic carbocycles. The van der Waals surface area contributed by atoms with Gasteiger partial charge in [0.05, 0.1) is 28.8 Å². The number of ether oxygens (including phenoxy) is 3. The van der Waals surface area contributed by atoms with Gasteiger partial charge in [-0.25, -0.2) is 4.98 Å². The molecule has 0 spiro atoms. The van der Waals surface area contributed by atoms with E-state index < -0.39 is 5.25 Å². The second-order valence-corrected chi connectivity index (χ2v) is 8.52. The van der Waals surface area contributed by atoms with Crippen molar-refractivity contribution in [2.45, 2.75) is 30.3 Å². The lowest BCUT2D eigenvalue weighted by Gasteiger charge is -2.20. The number of methoxy groups -OCH3 is 1. The van der Waals surface area contributed by atoms with Crippen LogP contribution in [0.15, 0.2) is 52.4 Å². The molecule has 0 radical (unpaired) electrons. The van der Waals surface area contributed by atoms with Crippen molar-refractivity contribution in [2.24, 2.45) is 0 Å². The third-order valence-corrected chi connectivity index (χ3v) is 5.98. The predicted molar refractivity (Wildman–Crippen MR) is 119 cm³/mol. The summed E-state index contributed by atoms with van der Waals surface area (Å²) >= 11 is 1.23. The number of fused-ring (bicyclic) bond motifs is 2. The number of hydrogen-bond acceptors (Lipinski definition) is 7. The molecule has 8 nitrogen and oxygen atoms in total. The number of amides is 1. The Balaban J connectivity index is 1.59. The van der Waals surface area contributed by atoms with Gasteiger partial charge in [0, 0.05) is 18.9 Å². The zero-order valence-corrected chi connectivity index (χ0v) is 18.3. The third-order valence-electron chi connectivity index (χ3n) is 4.92. The molecule has 4 rings (SSSR count). The minimum absolute atomic E-state index is 0.152. The van der Waals surface area contributed by atoms with E-state index in [1.165, 1.54) is 11.8 Å². The molecular weight excluding hydrogens is 418 g/mol. The van der Waals surface area contributed by atoms with Crippen LogP contribution in [0.5, 0.6) is 11.5 Å². The smallest absolute Gasteiger partial charge is 0.262 e. The molecule has 2 heterocycles. The number of benzene rings is 2. The Labute approximate surface area is 183 Å². The number of rotatable bonds is 7. The summed E-state index contributed by atoms with van der Waals surface area (Å²) in [5.41, 5.74) is 1.05. The Hall–Kier alpha value is -3.04. The molecule has 31 heavy (non-hydrogen) atoms. The molecule has 1 N–H and O–H groups in total. The summed E-state index contributed by atoms with van der Waals surface area (Å²) < 4.78 is 17.5. The number of anilines is 1. The highest BCUT2D eigenvalue weighted by Gasteiger charge is 2.22. The summed E-state index contributed by atoms with van der Waals surface area (Å²) in [6.45, 7) is 4.19. The van der Waals surface area contributed by atoms with Gasteiger partial charge in [-0.05, 0) is 38.1 Å². The van der Waals surface area contributed by atoms with Crippen molar-refractivity contribution in [3.63, 3.8) is 0 Å². The number of aromatic nitrogens is 2. The van der Waals surface area contributed by atoms with Crippen molar-refractivity contribution in [3.8, 4) is 11.5 Å².